The summed E-state index contributed by atoms with van der Waals surface area (Å²) in [6.07, 6.45) is 2.41. The van der Waals surface area contributed by atoms with Crippen LogP contribution in [0.3, 0.4) is 0 Å². The van der Waals surface area contributed by atoms with Gasteiger partial charge in [0.1, 0.15) is 6.61 Å². The maximum absolute atomic E-state index is 5.20. The number of nitrogens with two attached hydrogens (primary N) is 1. The molecule has 0 saturated carbocycles. The minimum atomic E-state index is 0.498. The molecule has 2 N–H and O–H groups in total. The maximum atomic E-state index is 5.20. The van der Waals surface area contributed by atoms with Gasteiger partial charge >= 0.3 is 0 Å². The molecule has 0 spiro atoms. The van der Waals surface area contributed by atoms with Crippen LogP contribution >= 0.6 is 0 Å². The lowest BCUT2D eigenvalue weighted by Crippen LogP contribution is -2.00. The number of oxime groups is 1. The third kappa shape index (κ3) is 7.39. The quantitative estimate of drug-likeness (QED) is 0.325. The lowest BCUT2D eigenvalue weighted by molar-refractivity contribution is 0.0756. The molecule has 4 heteroatoms. The highest BCUT2D eigenvalue weighted by atomic mass is 16.6. The summed E-state index contributed by atoms with van der Waals surface area (Å²) in [5, 5.41) is 3.61. The summed E-state index contributed by atoms with van der Waals surface area (Å²) >= 11 is 0. The van der Waals surface area contributed by atoms with Gasteiger partial charge in [-0.25, -0.2) is 0 Å². The van der Waals surface area contributed by atoms with Crippen molar-refractivity contribution in [2.45, 2.75) is 6.42 Å². The number of nitrogens with zero attached hydrogens (tertiary/aromatic N) is 1. The van der Waals surface area contributed by atoms with E-state index in [1.54, 1.807) is 13.3 Å². The lowest BCUT2D eigenvalue weighted by Gasteiger charge is -1.95. The Morgan fingerprint density at radius 3 is 2.90 bits per heavy atom. The Morgan fingerprint density at radius 2 is 2.30 bits per heavy atom. The Bertz CT molecular complexity index is 85.8. The van der Waals surface area contributed by atoms with E-state index in [1.807, 2.05) is 0 Å². The fourth-order valence-corrected chi connectivity index (χ4v) is 0.353. The van der Waals surface area contributed by atoms with Crippen molar-refractivity contribution in [3.8, 4) is 0 Å². The molecule has 0 aromatic carbocycles. The second-order valence-corrected chi connectivity index (χ2v) is 1.69. The fourth-order valence-electron chi connectivity index (χ4n) is 0.353. The van der Waals surface area contributed by atoms with Gasteiger partial charge in [0.25, 0.3) is 0 Å². The van der Waals surface area contributed by atoms with E-state index in [0.29, 0.717) is 19.8 Å². The SMILES string of the molecule is COCCO/N=C/CCN. The van der Waals surface area contributed by atoms with Crippen molar-refractivity contribution in [3.05, 3.63) is 0 Å². The van der Waals surface area contributed by atoms with Crippen LogP contribution < -0.4 is 5.73 Å². The van der Waals surface area contributed by atoms with Crippen molar-refractivity contribution in [2.75, 3.05) is 26.9 Å². The second-order valence-electron chi connectivity index (χ2n) is 1.69. The molecule has 10 heavy (non-hydrogen) atoms. The van der Waals surface area contributed by atoms with Crippen molar-refractivity contribution >= 4 is 6.21 Å². The van der Waals surface area contributed by atoms with Gasteiger partial charge in [-0.05, 0) is 13.0 Å². The molecule has 0 atom stereocenters. The number of hydrogen-bond acceptors (Lipinski definition) is 4. The topological polar surface area (TPSA) is 56.8 Å². The van der Waals surface area contributed by atoms with Gasteiger partial charge in [-0.2, -0.15) is 0 Å². The van der Waals surface area contributed by atoms with E-state index in [1.165, 1.54) is 0 Å². The van der Waals surface area contributed by atoms with Crippen LogP contribution in [0.25, 0.3) is 0 Å². The summed E-state index contributed by atoms with van der Waals surface area (Å²) < 4.78 is 4.72. The van der Waals surface area contributed by atoms with Gasteiger partial charge in [0, 0.05) is 13.3 Å². The van der Waals surface area contributed by atoms with Crippen LogP contribution in [0.2, 0.25) is 0 Å². The average Bonchev–Trinajstić information content (AvgIpc) is 1.97. The molecule has 0 radical (unpaired) electrons. The predicted octanol–water partition coefficient (Wildman–Crippen LogP) is -0.0160. The van der Waals surface area contributed by atoms with Crippen molar-refractivity contribution < 1.29 is 9.57 Å². The monoisotopic (exact) mass is 146 g/mol. The first-order valence-corrected chi connectivity index (χ1v) is 3.24. The van der Waals surface area contributed by atoms with Gasteiger partial charge in [-0.15, -0.1) is 0 Å². The molecule has 0 unspecified atom stereocenters. The van der Waals surface area contributed by atoms with Gasteiger partial charge in [0.2, 0.25) is 0 Å². The van der Waals surface area contributed by atoms with E-state index >= 15 is 0 Å². The molecule has 0 fully saturated rings. The first kappa shape index (κ1) is 9.39. The fraction of sp³-hybridized carbons (Fsp3) is 0.833. The smallest absolute Gasteiger partial charge is 0.140 e. The minimum Gasteiger partial charge on any atom is -0.394 e. The number of ether oxygens (including phenoxy) is 1. The van der Waals surface area contributed by atoms with Crippen molar-refractivity contribution in [1.82, 2.24) is 0 Å². The van der Waals surface area contributed by atoms with E-state index in [2.05, 4.69) is 5.16 Å². The Kier molecular flexibility index (Phi) is 7.88. The number of methoxy groups -OCH3 is 1. The summed E-state index contributed by atoms with van der Waals surface area (Å²) in [4.78, 5) is 4.77. The van der Waals surface area contributed by atoms with Gasteiger partial charge in [-0.3, -0.25) is 0 Å². The highest BCUT2D eigenvalue weighted by Gasteiger charge is 1.80. The molecule has 0 aliphatic carbocycles. The number of rotatable bonds is 6. The van der Waals surface area contributed by atoms with Crippen molar-refractivity contribution in [1.29, 1.82) is 0 Å². The van der Waals surface area contributed by atoms with Crippen molar-refractivity contribution in [3.63, 3.8) is 0 Å². The molecule has 0 aliphatic heterocycles. The third-order valence-electron chi connectivity index (χ3n) is 0.824. The predicted molar refractivity (Wildman–Crippen MR) is 40.0 cm³/mol. The van der Waals surface area contributed by atoms with Crippen LogP contribution in [0.5, 0.6) is 0 Å². The Balaban J connectivity index is 2.88. The summed E-state index contributed by atoms with van der Waals surface area (Å²) in [6.45, 7) is 1.68. The largest absolute Gasteiger partial charge is 0.394 e. The first-order chi connectivity index (χ1) is 4.91. The Labute approximate surface area is 61.0 Å². The van der Waals surface area contributed by atoms with Crippen LogP contribution in [0.4, 0.5) is 0 Å². The van der Waals surface area contributed by atoms with Gasteiger partial charge in [0.15, 0.2) is 0 Å². The summed E-state index contributed by atoms with van der Waals surface area (Å²) in [5.41, 5.74) is 5.20. The van der Waals surface area contributed by atoms with Crippen LogP contribution in [0.15, 0.2) is 5.16 Å². The van der Waals surface area contributed by atoms with Crippen LogP contribution in [0.1, 0.15) is 6.42 Å². The highest BCUT2D eigenvalue weighted by Crippen LogP contribution is 1.76. The molecular weight excluding hydrogens is 132 g/mol. The maximum Gasteiger partial charge on any atom is 0.140 e. The first-order valence-electron chi connectivity index (χ1n) is 3.24. The molecular formula is C6H14N2O2. The van der Waals surface area contributed by atoms with E-state index in [0.717, 1.165) is 6.42 Å². The molecule has 60 valence electrons. The standard InChI is InChI=1S/C6H14N2O2/c1-9-5-6-10-8-4-2-3-7/h4H,2-3,5-7H2,1H3/b8-4+. The molecule has 0 heterocycles. The van der Waals surface area contributed by atoms with E-state index < -0.39 is 0 Å². The van der Waals surface area contributed by atoms with Crippen molar-refractivity contribution in [2.24, 2.45) is 10.9 Å². The third-order valence-corrected chi connectivity index (χ3v) is 0.824. The zero-order chi connectivity index (χ0) is 7.66. The van der Waals surface area contributed by atoms with Crippen LogP contribution in [-0.4, -0.2) is 33.1 Å². The summed E-state index contributed by atoms with van der Waals surface area (Å²) in [6, 6.07) is 0. The van der Waals surface area contributed by atoms with Gasteiger partial charge < -0.3 is 15.3 Å². The zero-order valence-electron chi connectivity index (χ0n) is 6.25. The number of hydrogen-bond donors (Lipinski definition) is 1. The second kappa shape index (κ2) is 8.39. The average molecular weight is 146 g/mol. The van der Waals surface area contributed by atoms with E-state index in [-0.39, 0.29) is 0 Å². The van der Waals surface area contributed by atoms with E-state index in [4.69, 9.17) is 15.3 Å². The molecule has 0 aliphatic rings. The minimum absolute atomic E-state index is 0.498. The van der Waals surface area contributed by atoms with Gasteiger partial charge in [0.05, 0.1) is 6.61 Å². The molecule has 0 rings (SSSR count). The Hall–Kier alpha value is -0.610. The Morgan fingerprint density at radius 1 is 1.50 bits per heavy atom. The zero-order valence-corrected chi connectivity index (χ0v) is 6.25. The molecule has 0 saturated heterocycles. The van der Waals surface area contributed by atoms with E-state index in [9.17, 15) is 0 Å². The molecule has 0 aromatic rings. The molecule has 0 aromatic heterocycles. The summed E-state index contributed by atoms with van der Waals surface area (Å²) in [7, 11) is 1.62. The molecule has 0 amide bonds. The van der Waals surface area contributed by atoms with Crippen LogP contribution in [0, 0.1) is 0 Å². The highest BCUT2D eigenvalue weighted by molar-refractivity contribution is 5.56. The van der Waals surface area contributed by atoms with Crippen LogP contribution in [-0.2, 0) is 9.57 Å². The lowest BCUT2D eigenvalue weighted by atomic mass is 10.5. The normalized spacial score (nSPS) is 10.6. The molecule has 4 nitrogen and oxygen atoms in total. The molecule has 0 bridgehead atoms. The van der Waals surface area contributed by atoms with Gasteiger partial charge in [-0.1, -0.05) is 5.16 Å². The summed E-state index contributed by atoms with van der Waals surface area (Å²) in [5.74, 6) is 0.